The van der Waals surface area contributed by atoms with Crippen LogP contribution < -0.4 is 14.2 Å². The third-order valence-corrected chi connectivity index (χ3v) is 5.06. The molecule has 0 aliphatic rings. The van der Waals surface area contributed by atoms with Crippen LogP contribution in [0.1, 0.15) is 17.0 Å². The fourth-order valence-corrected chi connectivity index (χ4v) is 3.51. The Morgan fingerprint density at radius 3 is 2.44 bits per heavy atom. The lowest BCUT2D eigenvalue weighted by Crippen LogP contribution is -2.32. The van der Waals surface area contributed by atoms with Crippen molar-refractivity contribution in [1.29, 1.82) is 0 Å². The highest BCUT2D eigenvalue weighted by atomic mass is 16.5. The molecule has 7 nitrogen and oxygen atoms in total. The zero-order chi connectivity index (χ0) is 22.9. The molecule has 0 spiro atoms. The second-order valence-electron chi connectivity index (χ2n) is 7.98. The van der Waals surface area contributed by atoms with Crippen LogP contribution in [0.25, 0.3) is 0 Å². The molecule has 0 amide bonds. The summed E-state index contributed by atoms with van der Waals surface area (Å²) in [7, 11) is 3.60. The molecule has 1 aromatic heterocycles. The Kier molecular flexibility index (Phi) is 8.53. The summed E-state index contributed by atoms with van der Waals surface area (Å²) in [6, 6.07) is 17.5. The molecule has 1 N–H and O–H groups in total. The molecular formula is C25H33N3O4. The van der Waals surface area contributed by atoms with Gasteiger partial charge in [0.15, 0.2) is 0 Å². The number of nitrogens with zero attached hydrogens (tertiary/aromatic N) is 3. The molecule has 0 saturated heterocycles. The van der Waals surface area contributed by atoms with E-state index in [2.05, 4.69) is 16.1 Å². The fraction of sp³-hybridized carbons (Fsp3) is 0.400. The number of methoxy groups -OCH3 is 1. The number of aliphatic hydroxyl groups is 1. The van der Waals surface area contributed by atoms with E-state index in [1.165, 1.54) is 0 Å². The minimum absolute atomic E-state index is 0.222. The van der Waals surface area contributed by atoms with Crippen LogP contribution in [0.15, 0.2) is 54.6 Å². The van der Waals surface area contributed by atoms with Crippen LogP contribution in [0.5, 0.6) is 17.2 Å². The lowest BCUT2D eigenvalue weighted by Gasteiger charge is -2.21. The summed E-state index contributed by atoms with van der Waals surface area (Å²) in [4.78, 5) is 2.07. The monoisotopic (exact) mass is 439 g/mol. The molecule has 32 heavy (non-hydrogen) atoms. The molecule has 0 fully saturated rings. The zero-order valence-corrected chi connectivity index (χ0v) is 19.3. The van der Waals surface area contributed by atoms with E-state index in [4.69, 9.17) is 14.2 Å². The van der Waals surface area contributed by atoms with Gasteiger partial charge >= 0.3 is 0 Å². The number of rotatable bonds is 12. The van der Waals surface area contributed by atoms with Gasteiger partial charge in [-0.25, -0.2) is 0 Å². The molecule has 0 saturated carbocycles. The number of hydrogen-bond donors (Lipinski definition) is 1. The van der Waals surface area contributed by atoms with E-state index in [0.717, 1.165) is 41.5 Å². The first kappa shape index (κ1) is 23.6. The van der Waals surface area contributed by atoms with Gasteiger partial charge in [0.25, 0.3) is 0 Å². The lowest BCUT2D eigenvalue weighted by molar-refractivity contribution is 0.0743. The number of ether oxygens (including phenoxy) is 3. The van der Waals surface area contributed by atoms with E-state index in [-0.39, 0.29) is 6.61 Å². The van der Waals surface area contributed by atoms with Crippen molar-refractivity contribution >= 4 is 0 Å². The molecule has 3 rings (SSSR count). The van der Waals surface area contributed by atoms with Crippen molar-refractivity contribution < 1.29 is 19.3 Å². The Morgan fingerprint density at radius 2 is 1.75 bits per heavy atom. The summed E-state index contributed by atoms with van der Waals surface area (Å²) in [5.41, 5.74) is 3.31. The fourth-order valence-electron chi connectivity index (χ4n) is 3.51. The molecule has 0 unspecified atom stereocenters. The Hall–Kier alpha value is -3.03. The van der Waals surface area contributed by atoms with Gasteiger partial charge in [-0.15, -0.1) is 0 Å². The van der Waals surface area contributed by atoms with Gasteiger partial charge in [-0.1, -0.05) is 18.2 Å². The molecule has 1 atom stereocenters. The standard InChI is InChI=1S/C25H33N3O4/c1-19-14-20(2)28(26-19)12-13-31-23-10-8-21(9-11-23)16-27(3)17-22(29)18-32-25-7-5-6-24(15-25)30-4/h5-11,14-15,22,29H,12-13,16-18H2,1-4H3/t22-/m0/s1. The molecule has 3 aromatic rings. The van der Waals surface area contributed by atoms with Gasteiger partial charge in [-0.2, -0.15) is 5.10 Å². The van der Waals surface area contributed by atoms with Gasteiger partial charge < -0.3 is 19.3 Å². The predicted octanol–water partition coefficient (Wildman–Crippen LogP) is 3.46. The van der Waals surface area contributed by atoms with Crippen LogP contribution in [0, 0.1) is 13.8 Å². The van der Waals surface area contributed by atoms with Crippen molar-refractivity contribution in [3.8, 4) is 17.2 Å². The molecule has 2 aromatic carbocycles. The number of benzene rings is 2. The quantitative estimate of drug-likeness (QED) is 0.466. The first-order valence-electron chi connectivity index (χ1n) is 10.8. The van der Waals surface area contributed by atoms with Crippen LogP contribution in [-0.2, 0) is 13.1 Å². The van der Waals surface area contributed by atoms with E-state index in [1.54, 1.807) is 13.2 Å². The molecule has 0 aliphatic carbocycles. The SMILES string of the molecule is COc1cccc(OC[C@@H](O)CN(C)Cc2ccc(OCCn3nc(C)cc3C)cc2)c1. The van der Waals surface area contributed by atoms with Crippen LogP contribution in [-0.4, -0.2) is 59.8 Å². The van der Waals surface area contributed by atoms with Crippen molar-refractivity contribution in [2.75, 3.05) is 33.9 Å². The summed E-state index contributed by atoms with van der Waals surface area (Å²) < 4.78 is 18.7. The topological polar surface area (TPSA) is 69.0 Å². The Labute approximate surface area is 190 Å². The number of likely N-dealkylation sites (N-methyl/N-ethyl adjacent to an activating group) is 1. The molecule has 0 radical (unpaired) electrons. The van der Waals surface area contributed by atoms with Gasteiger partial charge in [0.1, 0.15) is 36.6 Å². The minimum Gasteiger partial charge on any atom is -0.497 e. The third-order valence-electron chi connectivity index (χ3n) is 5.06. The Balaban J connectivity index is 1.38. The van der Waals surface area contributed by atoms with E-state index >= 15 is 0 Å². The highest BCUT2D eigenvalue weighted by Crippen LogP contribution is 2.19. The smallest absolute Gasteiger partial charge is 0.123 e. The van der Waals surface area contributed by atoms with Crippen LogP contribution in [0.4, 0.5) is 0 Å². The second-order valence-corrected chi connectivity index (χ2v) is 7.98. The average molecular weight is 440 g/mol. The van der Waals surface area contributed by atoms with Gasteiger partial charge in [-0.3, -0.25) is 9.58 Å². The van der Waals surface area contributed by atoms with E-state index in [9.17, 15) is 5.11 Å². The first-order chi connectivity index (χ1) is 15.4. The molecule has 0 bridgehead atoms. The van der Waals surface area contributed by atoms with Crippen LogP contribution >= 0.6 is 0 Å². The summed E-state index contributed by atoms with van der Waals surface area (Å²) in [5, 5.41) is 14.8. The van der Waals surface area contributed by atoms with Gasteiger partial charge in [0, 0.05) is 24.8 Å². The maximum atomic E-state index is 10.3. The maximum absolute atomic E-state index is 10.3. The largest absolute Gasteiger partial charge is 0.497 e. The third kappa shape index (κ3) is 7.28. The van der Waals surface area contributed by atoms with Crippen molar-refractivity contribution in [2.45, 2.75) is 33.0 Å². The van der Waals surface area contributed by atoms with Gasteiger partial charge in [-0.05, 0) is 56.8 Å². The van der Waals surface area contributed by atoms with Crippen molar-refractivity contribution in [3.63, 3.8) is 0 Å². The predicted molar refractivity (Wildman–Crippen MR) is 124 cm³/mol. The minimum atomic E-state index is -0.594. The van der Waals surface area contributed by atoms with E-state index < -0.39 is 6.10 Å². The molecular weight excluding hydrogens is 406 g/mol. The maximum Gasteiger partial charge on any atom is 0.123 e. The van der Waals surface area contributed by atoms with Crippen molar-refractivity contribution in [3.05, 3.63) is 71.5 Å². The van der Waals surface area contributed by atoms with Crippen LogP contribution in [0.3, 0.4) is 0 Å². The second kappa shape index (κ2) is 11.5. The molecule has 7 heteroatoms. The van der Waals surface area contributed by atoms with Crippen LogP contribution in [0.2, 0.25) is 0 Å². The number of aromatic nitrogens is 2. The average Bonchev–Trinajstić information content (AvgIpc) is 3.10. The Bertz CT molecular complexity index is 972. The van der Waals surface area contributed by atoms with E-state index in [1.807, 2.05) is 68.0 Å². The molecule has 0 aliphatic heterocycles. The van der Waals surface area contributed by atoms with Crippen molar-refractivity contribution in [1.82, 2.24) is 14.7 Å². The highest BCUT2D eigenvalue weighted by molar-refractivity contribution is 5.32. The first-order valence-corrected chi connectivity index (χ1v) is 10.8. The summed E-state index contributed by atoms with van der Waals surface area (Å²) in [6.07, 6.45) is -0.594. The normalized spacial score (nSPS) is 12.1. The molecule has 172 valence electrons. The van der Waals surface area contributed by atoms with Gasteiger partial charge in [0.05, 0.1) is 19.3 Å². The summed E-state index contributed by atoms with van der Waals surface area (Å²) in [5.74, 6) is 2.25. The summed E-state index contributed by atoms with van der Waals surface area (Å²) >= 11 is 0. The lowest BCUT2D eigenvalue weighted by atomic mass is 10.2. The number of aliphatic hydroxyl groups excluding tert-OH is 1. The molecule has 1 heterocycles. The van der Waals surface area contributed by atoms with Gasteiger partial charge in [0.2, 0.25) is 0 Å². The number of aryl methyl sites for hydroxylation is 2. The number of hydrogen-bond acceptors (Lipinski definition) is 6. The van der Waals surface area contributed by atoms with Crippen molar-refractivity contribution in [2.24, 2.45) is 0 Å². The Morgan fingerprint density at radius 1 is 1.00 bits per heavy atom. The van der Waals surface area contributed by atoms with E-state index in [0.29, 0.717) is 18.9 Å². The zero-order valence-electron chi connectivity index (χ0n) is 19.3. The summed E-state index contributed by atoms with van der Waals surface area (Å²) in [6.45, 7) is 6.78. The highest BCUT2D eigenvalue weighted by Gasteiger charge is 2.10.